The highest BCUT2D eigenvalue weighted by Gasteiger charge is 2.34. The zero-order valence-electron chi connectivity index (χ0n) is 12.4. The third-order valence-corrected chi connectivity index (χ3v) is 4.16. The number of nitrogens with one attached hydrogen (secondary N) is 1. The van der Waals surface area contributed by atoms with Gasteiger partial charge in [-0.2, -0.15) is 13.2 Å². The first-order valence-corrected chi connectivity index (χ1v) is 7.62. The Labute approximate surface area is 140 Å². The minimum atomic E-state index is -4.41. The van der Waals surface area contributed by atoms with Crippen molar-refractivity contribution in [1.29, 1.82) is 0 Å². The summed E-state index contributed by atoms with van der Waals surface area (Å²) in [6.07, 6.45) is -2.63. The van der Waals surface area contributed by atoms with Crippen LogP contribution in [0.2, 0.25) is 5.02 Å². The molecule has 2 rings (SSSR count). The lowest BCUT2D eigenvalue weighted by molar-refractivity contribution is -0.137. The van der Waals surface area contributed by atoms with E-state index in [0.29, 0.717) is 5.56 Å². The third-order valence-electron chi connectivity index (χ3n) is 3.84. The van der Waals surface area contributed by atoms with Crippen LogP contribution in [0.15, 0.2) is 18.2 Å². The molecule has 22 heavy (non-hydrogen) atoms. The molecule has 126 valence electrons. The highest BCUT2D eigenvalue weighted by Crippen LogP contribution is 2.37. The summed E-state index contributed by atoms with van der Waals surface area (Å²) in [5, 5.41) is 3.03. The Bertz CT molecular complexity index is 474. The maximum atomic E-state index is 13.0. The zero-order chi connectivity index (χ0) is 15.5. The van der Waals surface area contributed by atoms with Crippen molar-refractivity contribution in [1.82, 2.24) is 10.2 Å². The minimum absolute atomic E-state index is 0. The van der Waals surface area contributed by atoms with E-state index in [9.17, 15) is 13.2 Å². The van der Waals surface area contributed by atoms with E-state index in [1.807, 2.05) is 0 Å². The quantitative estimate of drug-likeness (QED) is 0.852. The second-order valence-electron chi connectivity index (χ2n) is 5.33. The number of benzene rings is 1. The number of hydrogen-bond acceptors (Lipinski definition) is 2. The highest BCUT2D eigenvalue weighted by molar-refractivity contribution is 6.31. The minimum Gasteiger partial charge on any atom is -0.314 e. The Kier molecular flexibility index (Phi) is 7.46. The van der Waals surface area contributed by atoms with E-state index >= 15 is 0 Å². The number of alkyl halides is 3. The van der Waals surface area contributed by atoms with Crippen molar-refractivity contribution >= 4 is 24.0 Å². The first-order chi connectivity index (χ1) is 9.93. The van der Waals surface area contributed by atoms with Crippen LogP contribution in [0, 0.1) is 0 Å². The van der Waals surface area contributed by atoms with Crippen molar-refractivity contribution in [3.05, 3.63) is 34.3 Å². The summed E-state index contributed by atoms with van der Waals surface area (Å²) in [5.74, 6) is 0. The normalized spacial score (nSPS) is 17.9. The van der Waals surface area contributed by atoms with Crippen LogP contribution in [0.4, 0.5) is 13.2 Å². The number of rotatable bonds is 4. The summed E-state index contributed by atoms with van der Waals surface area (Å²) in [6.45, 7) is 5.51. The fraction of sp³-hybridized carbons (Fsp3) is 0.600. The number of nitrogens with zero attached hydrogens (tertiary/aromatic N) is 1. The van der Waals surface area contributed by atoms with Crippen LogP contribution >= 0.6 is 24.0 Å². The maximum absolute atomic E-state index is 13.0. The molecule has 0 aliphatic carbocycles. The molecule has 2 nitrogen and oxygen atoms in total. The highest BCUT2D eigenvalue weighted by atomic mass is 35.5. The van der Waals surface area contributed by atoms with E-state index in [1.54, 1.807) is 6.07 Å². The van der Waals surface area contributed by atoms with Crippen molar-refractivity contribution in [3.63, 3.8) is 0 Å². The van der Waals surface area contributed by atoms with E-state index in [0.717, 1.165) is 39.0 Å². The maximum Gasteiger partial charge on any atom is 0.417 e. The molecule has 1 atom stereocenters. The number of halogens is 5. The van der Waals surface area contributed by atoms with Gasteiger partial charge in [-0.3, -0.25) is 4.90 Å². The van der Waals surface area contributed by atoms with Gasteiger partial charge in [-0.15, -0.1) is 12.4 Å². The second-order valence-corrected chi connectivity index (χ2v) is 5.73. The van der Waals surface area contributed by atoms with Gasteiger partial charge in [0.05, 0.1) is 10.6 Å². The molecule has 0 bridgehead atoms. The van der Waals surface area contributed by atoms with E-state index in [-0.39, 0.29) is 23.5 Å². The topological polar surface area (TPSA) is 15.3 Å². The van der Waals surface area contributed by atoms with Crippen LogP contribution in [0.5, 0.6) is 0 Å². The van der Waals surface area contributed by atoms with E-state index < -0.39 is 11.7 Å². The van der Waals surface area contributed by atoms with Crippen LogP contribution in [-0.2, 0) is 6.18 Å². The summed E-state index contributed by atoms with van der Waals surface area (Å²) in [4.78, 5) is 2.25. The molecular weight excluding hydrogens is 336 g/mol. The van der Waals surface area contributed by atoms with Crippen molar-refractivity contribution in [2.45, 2.75) is 32.0 Å². The SMILES string of the molecule is CCC[C@@H](c1ccc(Cl)c(C(F)(F)F)c1)N1CCNCC1.Cl. The monoisotopic (exact) mass is 356 g/mol. The first-order valence-electron chi connectivity index (χ1n) is 7.25. The summed E-state index contributed by atoms with van der Waals surface area (Å²) in [5.41, 5.74) is -0.0339. The molecule has 0 amide bonds. The predicted molar refractivity (Wildman–Crippen MR) is 85.8 cm³/mol. The summed E-state index contributed by atoms with van der Waals surface area (Å²) < 4.78 is 39.0. The predicted octanol–water partition coefficient (Wildman–Crippen LogP) is 4.53. The molecule has 0 saturated carbocycles. The molecule has 1 aliphatic rings. The molecule has 1 N–H and O–H groups in total. The number of hydrogen-bond donors (Lipinski definition) is 1. The van der Waals surface area contributed by atoms with E-state index in [2.05, 4.69) is 17.1 Å². The van der Waals surface area contributed by atoms with Crippen molar-refractivity contribution in [3.8, 4) is 0 Å². The lowest BCUT2D eigenvalue weighted by Gasteiger charge is -2.35. The van der Waals surface area contributed by atoms with Gasteiger partial charge in [-0.05, 0) is 24.1 Å². The molecule has 1 saturated heterocycles. The van der Waals surface area contributed by atoms with Crippen LogP contribution < -0.4 is 5.32 Å². The number of piperazine rings is 1. The van der Waals surface area contributed by atoms with Crippen molar-refractivity contribution < 1.29 is 13.2 Å². The van der Waals surface area contributed by atoms with Crippen LogP contribution in [0.25, 0.3) is 0 Å². The third kappa shape index (κ3) is 4.75. The van der Waals surface area contributed by atoms with Crippen LogP contribution in [0.3, 0.4) is 0 Å². The van der Waals surface area contributed by atoms with Gasteiger partial charge in [-0.25, -0.2) is 0 Å². The molecule has 0 radical (unpaired) electrons. The van der Waals surface area contributed by atoms with Gasteiger partial charge in [0, 0.05) is 32.2 Å². The molecule has 1 heterocycles. The van der Waals surface area contributed by atoms with E-state index in [1.165, 1.54) is 12.1 Å². The smallest absolute Gasteiger partial charge is 0.314 e. The fourth-order valence-corrected chi connectivity index (χ4v) is 3.02. The van der Waals surface area contributed by atoms with Gasteiger partial charge in [0.1, 0.15) is 0 Å². The molecular formula is C15H21Cl2F3N2. The molecule has 0 spiro atoms. The Morgan fingerprint density at radius 1 is 1.27 bits per heavy atom. The molecule has 7 heteroatoms. The first kappa shape index (κ1) is 19.6. The average Bonchev–Trinajstić information content (AvgIpc) is 2.45. The van der Waals surface area contributed by atoms with Crippen LogP contribution in [-0.4, -0.2) is 31.1 Å². The molecule has 1 aromatic carbocycles. The Hall–Kier alpha value is -0.490. The Morgan fingerprint density at radius 3 is 2.45 bits per heavy atom. The second kappa shape index (κ2) is 8.39. The molecule has 0 unspecified atom stereocenters. The van der Waals surface area contributed by atoms with E-state index in [4.69, 9.17) is 11.6 Å². The Morgan fingerprint density at radius 2 is 1.91 bits per heavy atom. The largest absolute Gasteiger partial charge is 0.417 e. The van der Waals surface area contributed by atoms with Crippen molar-refractivity contribution in [2.75, 3.05) is 26.2 Å². The zero-order valence-corrected chi connectivity index (χ0v) is 14.0. The molecule has 1 aliphatic heterocycles. The lowest BCUT2D eigenvalue weighted by Crippen LogP contribution is -2.45. The fourth-order valence-electron chi connectivity index (χ4n) is 2.79. The van der Waals surface area contributed by atoms with Gasteiger partial charge < -0.3 is 5.32 Å². The van der Waals surface area contributed by atoms with Gasteiger partial charge in [-0.1, -0.05) is 31.0 Å². The van der Waals surface area contributed by atoms with Crippen molar-refractivity contribution in [2.24, 2.45) is 0 Å². The molecule has 1 aromatic rings. The Balaban J connectivity index is 0.00000242. The molecule has 0 aromatic heterocycles. The lowest BCUT2D eigenvalue weighted by atomic mass is 9.97. The van der Waals surface area contributed by atoms with Crippen LogP contribution in [0.1, 0.15) is 36.9 Å². The standard InChI is InChI=1S/C15H20ClF3N2.ClH/c1-2-3-14(21-8-6-20-7-9-21)11-4-5-13(16)12(10-11)15(17,18)19;/h4-5,10,14,20H,2-3,6-9H2,1H3;1H/t14-;/m0./s1. The van der Waals surface area contributed by atoms with Gasteiger partial charge in [0.15, 0.2) is 0 Å². The van der Waals surface area contributed by atoms with Gasteiger partial charge >= 0.3 is 6.18 Å². The molecule has 1 fully saturated rings. The average molecular weight is 357 g/mol. The summed E-state index contributed by atoms with van der Waals surface area (Å²) >= 11 is 5.70. The van der Waals surface area contributed by atoms with Gasteiger partial charge in [0.2, 0.25) is 0 Å². The summed E-state index contributed by atoms with van der Waals surface area (Å²) in [6, 6.07) is 4.32. The van der Waals surface area contributed by atoms with Gasteiger partial charge in [0.25, 0.3) is 0 Å². The summed E-state index contributed by atoms with van der Waals surface area (Å²) in [7, 11) is 0.